The lowest BCUT2D eigenvalue weighted by atomic mass is 10.1. The number of rotatable bonds is 13. The highest BCUT2D eigenvalue weighted by molar-refractivity contribution is 6.32. The fourth-order valence-electron chi connectivity index (χ4n) is 5.68. The molecule has 1 aliphatic heterocycles. The zero-order chi connectivity index (χ0) is 36.3. The molecule has 5 aromatic rings. The van der Waals surface area contributed by atoms with E-state index in [1.807, 2.05) is 30.0 Å². The zero-order valence-electron chi connectivity index (χ0n) is 28.8. The molecule has 6 rings (SSSR count). The van der Waals surface area contributed by atoms with Gasteiger partial charge in [-0.1, -0.05) is 48.0 Å². The van der Waals surface area contributed by atoms with Crippen molar-refractivity contribution in [1.82, 2.24) is 14.8 Å². The number of nitriles is 1. The number of hydrogen-bond acceptors (Lipinski definition) is 7. The molecule has 0 aliphatic carbocycles. The van der Waals surface area contributed by atoms with E-state index in [9.17, 15) is 9.18 Å². The van der Waals surface area contributed by atoms with Crippen LogP contribution in [0, 0.1) is 24.1 Å². The summed E-state index contributed by atoms with van der Waals surface area (Å²) in [6, 6.07) is 31.0. The van der Waals surface area contributed by atoms with Gasteiger partial charge >= 0.3 is 0 Å². The summed E-state index contributed by atoms with van der Waals surface area (Å²) in [5.41, 5.74) is 5.68. The van der Waals surface area contributed by atoms with E-state index in [4.69, 9.17) is 31.1 Å². The summed E-state index contributed by atoms with van der Waals surface area (Å²) in [5.74, 6) is 1.76. The maximum Gasteiger partial charge on any atom is 0.246 e. The normalized spacial score (nSPS) is 13.2. The van der Waals surface area contributed by atoms with Crippen molar-refractivity contribution in [3.8, 4) is 29.2 Å². The van der Waals surface area contributed by atoms with Crippen LogP contribution in [0.1, 0.15) is 33.4 Å². The van der Waals surface area contributed by atoms with Crippen LogP contribution in [-0.2, 0) is 24.4 Å². The zero-order valence-corrected chi connectivity index (χ0v) is 29.6. The van der Waals surface area contributed by atoms with Gasteiger partial charge in [-0.05, 0) is 95.4 Å². The van der Waals surface area contributed by atoms with E-state index in [1.54, 1.807) is 60.8 Å². The maximum atomic E-state index is 13.1. The van der Waals surface area contributed by atoms with Crippen LogP contribution in [0.25, 0.3) is 6.08 Å². The van der Waals surface area contributed by atoms with Gasteiger partial charge in [0.2, 0.25) is 11.8 Å². The molecule has 2 heterocycles. The molecule has 1 amide bonds. The van der Waals surface area contributed by atoms with Crippen molar-refractivity contribution in [3.05, 3.63) is 154 Å². The lowest BCUT2D eigenvalue weighted by molar-refractivity contribution is -0.127. The molecule has 52 heavy (non-hydrogen) atoms. The molecular weight excluding hydrogens is 679 g/mol. The Balaban J connectivity index is 0.931. The highest BCUT2D eigenvalue weighted by Crippen LogP contribution is 2.32. The number of hydrogen-bond donors (Lipinski definition) is 0. The monoisotopic (exact) mass is 716 g/mol. The molecule has 0 atom stereocenters. The van der Waals surface area contributed by atoms with Crippen molar-refractivity contribution in [2.75, 3.05) is 32.8 Å². The van der Waals surface area contributed by atoms with Crippen LogP contribution in [0.3, 0.4) is 0 Å². The Kier molecular flexibility index (Phi) is 12.1. The molecule has 4 aromatic carbocycles. The minimum absolute atomic E-state index is 0.0339. The van der Waals surface area contributed by atoms with E-state index >= 15 is 0 Å². The molecule has 8 nitrogen and oxygen atoms in total. The predicted molar refractivity (Wildman–Crippen MR) is 199 cm³/mol. The first-order chi connectivity index (χ1) is 25.3. The van der Waals surface area contributed by atoms with Gasteiger partial charge in [-0.3, -0.25) is 9.69 Å². The highest BCUT2D eigenvalue weighted by atomic mass is 35.5. The van der Waals surface area contributed by atoms with Gasteiger partial charge in [0.1, 0.15) is 29.7 Å². The average Bonchev–Trinajstić information content (AvgIpc) is 3.17. The van der Waals surface area contributed by atoms with Crippen molar-refractivity contribution >= 4 is 23.6 Å². The van der Waals surface area contributed by atoms with Crippen LogP contribution >= 0.6 is 11.6 Å². The van der Waals surface area contributed by atoms with Gasteiger partial charge in [0.05, 0.1) is 29.5 Å². The van der Waals surface area contributed by atoms with Gasteiger partial charge in [0, 0.05) is 51.3 Å². The molecule has 1 aromatic heterocycles. The molecule has 264 valence electrons. The number of amides is 1. The van der Waals surface area contributed by atoms with E-state index in [1.165, 1.54) is 23.3 Å². The third kappa shape index (κ3) is 10.2. The molecular formula is C42H38ClFN4O4. The van der Waals surface area contributed by atoms with E-state index < -0.39 is 0 Å². The summed E-state index contributed by atoms with van der Waals surface area (Å²) in [7, 11) is 0. The van der Waals surface area contributed by atoms with Gasteiger partial charge in [-0.25, -0.2) is 9.37 Å². The summed E-state index contributed by atoms with van der Waals surface area (Å²) in [5, 5.41) is 9.35. The third-order valence-corrected chi connectivity index (χ3v) is 9.02. The maximum absolute atomic E-state index is 13.1. The summed E-state index contributed by atoms with van der Waals surface area (Å²) < 4.78 is 30.5. The SMILES string of the molecule is Cc1cc(Oc2ccc(OCc3ccc(C#N)cc3)cn2)c(Cl)cc1/C=C/C(=O)N1CCN(Cc2ccc(CCOc3ccc(F)cc3)cc2)CC1. The van der Waals surface area contributed by atoms with Crippen molar-refractivity contribution in [3.63, 3.8) is 0 Å². The number of carbonyl (C=O) groups excluding carboxylic acids is 1. The summed E-state index contributed by atoms with van der Waals surface area (Å²) >= 11 is 6.58. The fraction of sp³-hybridized carbons (Fsp3) is 0.214. The van der Waals surface area contributed by atoms with Gasteiger partial charge in [-0.15, -0.1) is 0 Å². The number of piperazine rings is 1. The molecule has 1 fully saturated rings. The third-order valence-electron chi connectivity index (χ3n) is 8.72. The molecule has 0 N–H and O–H groups in total. The molecule has 0 saturated carbocycles. The predicted octanol–water partition coefficient (Wildman–Crippen LogP) is 8.40. The number of nitrogens with zero attached hydrogens (tertiary/aromatic N) is 4. The molecule has 10 heteroatoms. The van der Waals surface area contributed by atoms with Crippen LogP contribution in [0.15, 0.2) is 109 Å². The Morgan fingerprint density at radius 1 is 0.885 bits per heavy atom. The topological polar surface area (TPSA) is 87.9 Å². The van der Waals surface area contributed by atoms with Crippen LogP contribution < -0.4 is 14.2 Å². The van der Waals surface area contributed by atoms with Gasteiger partial charge in [-0.2, -0.15) is 5.26 Å². The van der Waals surface area contributed by atoms with E-state index in [0.29, 0.717) is 60.0 Å². The Labute approximate surface area is 308 Å². The van der Waals surface area contributed by atoms with Crippen LogP contribution in [0.4, 0.5) is 4.39 Å². The Morgan fingerprint density at radius 2 is 1.58 bits per heavy atom. The Morgan fingerprint density at radius 3 is 2.27 bits per heavy atom. The first-order valence-corrected chi connectivity index (χ1v) is 17.4. The molecule has 0 unspecified atom stereocenters. The lowest BCUT2D eigenvalue weighted by Gasteiger charge is -2.34. The molecule has 0 spiro atoms. The molecule has 1 saturated heterocycles. The van der Waals surface area contributed by atoms with Gasteiger partial charge in [0.15, 0.2) is 0 Å². The first-order valence-electron chi connectivity index (χ1n) is 17.0. The lowest BCUT2D eigenvalue weighted by Crippen LogP contribution is -2.47. The number of aryl methyl sites for hydroxylation is 1. The van der Waals surface area contributed by atoms with E-state index in [0.717, 1.165) is 42.7 Å². The summed E-state index contributed by atoms with van der Waals surface area (Å²) in [6.07, 6.45) is 5.75. The second-order valence-corrected chi connectivity index (χ2v) is 12.9. The minimum Gasteiger partial charge on any atom is -0.493 e. The van der Waals surface area contributed by atoms with Crippen LogP contribution in [0.2, 0.25) is 5.02 Å². The van der Waals surface area contributed by atoms with Gasteiger partial charge in [0.25, 0.3) is 0 Å². The van der Waals surface area contributed by atoms with Crippen LogP contribution in [-0.4, -0.2) is 53.5 Å². The molecule has 0 bridgehead atoms. The molecule has 1 aliphatic rings. The minimum atomic E-state index is -0.276. The quantitative estimate of drug-likeness (QED) is 0.113. The van der Waals surface area contributed by atoms with Gasteiger partial charge < -0.3 is 19.1 Å². The standard InChI is InChI=1S/C42H38ClFN4O4/c1-30-24-40(52-41-16-15-38(27-46-41)51-29-34-8-4-32(26-45)5-9-34)39(43)25-35(30)10-17-42(49)48-21-19-47(20-22-48)28-33-6-2-31(3-7-33)18-23-50-37-13-11-36(44)12-14-37/h2-17,24-25,27H,18-23,28-29H2,1H3/b17-10+. The number of ether oxygens (including phenoxy) is 3. The largest absolute Gasteiger partial charge is 0.493 e. The van der Waals surface area contributed by atoms with E-state index in [2.05, 4.69) is 40.2 Å². The summed E-state index contributed by atoms with van der Waals surface area (Å²) in [6.45, 7) is 6.53. The number of carbonyl (C=O) groups is 1. The van der Waals surface area contributed by atoms with Crippen molar-refractivity contribution in [1.29, 1.82) is 5.26 Å². The van der Waals surface area contributed by atoms with Crippen LogP contribution in [0.5, 0.6) is 23.1 Å². The second-order valence-electron chi connectivity index (χ2n) is 12.5. The number of halogens is 2. The second kappa shape index (κ2) is 17.5. The highest BCUT2D eigenvalue weighted by Gasteiger charge is 2.20. The number of benzene rings is 4. The Bertz CT molecular complexity index is 2020. The summed E-state index contributed by atoms with van der Waals surface area (Å²) in [4.78, 5) is 21.6. The molecule has 0 radical (unpaired) electrons. The fourth-order valence-corrected chi connectivity index (χ4v) is 5.89. The number of aromatic nitrogens is 1. The van der Waals surface area contributed by atoms with Crippen molar-refractivity contribution in [2.45, 2.75) is 26.5 Å². The number of pyridine rings is 1. The average molecular weight is 717 g/mol. The first kappa shape index (κ1) is 36.1. The smallest absolute Gasteiger partial charge is 0.246 e. The Hall–Kier alpha value is -5.69. The van der Waals surface area contributed by atoms with E-state index in [-0.39, 0.29) is 11.7 Å². The van der Waals surface area contributed by atoms with Crippen molar-refractivity contribution < 1.29 is 23.4 Å². The van der Waals surface area contributed by atoms with Crippen molar-refractivity contribution in [2.24, 2.45) is 0 Å².